The molecule has 0 N–H and O–H groups in total. The number of rotatable bonds is 6. The lowest BCUT2D eigenvalue weighted by atomic mass is 9.54. The van der Waals surface area contributed by atoms with Crippen molar-refractivity contribution >= 4 is 0 Å². The summed E-state index contributed by atoms with van der Waals surface area (Å²) in [4.78, 5) is 15.5. The third-order valence-electron chi connectivity index (χ3n) is 13.9. The van der Waals surface area contributed by atoms with Crippen LogP contribution in [0.1, 0.15) is 109 Å². The van der Waals surface area contributed by atoms with Gasteiger partial charge in [0, 0.05) is 16.7 Å². The fraction of sp³-hybridized carbons (Fsp3) is 0.440. The molecular weight excluding hydrogens is 657 g/mol. The van der Waals surface area contributed by atoms with Gasteiger partial charge in [-0.15, -0.1) is 0 Å². The van der Waals surface area contributed by atoms with Crippen molar-refractivity contribution in [2.24, 2.45) is 35.5 Å². The van der Waals surface area contributed by atoms with Crippen LogP contribution in [0, 0.1) is 46.8 Å². The van der Waals surface area contributed by atoms with Gasteiger partial charge in [-0.25, -0.2) is 15.0 Å². The van der Waals surface area contributed by atoms with Crippen LogP contribution in [0.2, 0.25) is 0 Å². The van der Waals surface area contributed by atoms with Gasteiger partial charge < -0.3 is 0 Å². The Balaban J connectivity index is 1.10. The van der Waals surface area contributed by atoms with Crippen molar-refractivity contribution < 1.29 is 0 Å². The topological polar surface area (TPSA) is 62.5 Å². The molecule has 4 aliphatic rings. The van der Waals surface area contributed by atoms with Crippen LogP contribution in [0.5, 0.6) is 0 Å². The molecule has 4 fully saturated rings. The largest absolute Gasteiger partial charge is 0.208 e. The lowest BCUT2D eigenvalue weighted by Crippen LogP contribution is -2.42. The van der Waals surface area contributed by atoms with E-state index in [2.05, 4.69) is 107 Å². The Labute approximate surface area is 322 Å². The zero-order valence-corrected chi connectivity index (χ0v) is 32.6. The van der Waals surface area contributed by atoms with E-state index in [1.54, 1.807) is 0 Å². The lowest BCUT2D eigenvalue weighted by Gasteiger charge is -2.50. The normalized spacial score (nSPS) is 30.4. The van der Waals surface area contributed by atoms with E-state index < -0.39 is 0 Å². The van der Waals surface area contributed by atoms with E-state index in [0.29, 0.717) is 23.0 Å². The highest BCUT2D eigenvalue weighted by Crippen LogP contribution is 2.55. The standard InChI is InChI=1S/C50H54N4/c1-32-20-37-21-33(2)26-49(25-32,29-37)44-16-12-40(13-17-44)46-52-47(41-14-18-45(19-15-41)50-27-34(3)22-38(30-50)23-35(4)28-50)54-48(53-46)43-7-5-6-42(24-43)39-10-8-36(31-51)9-11-39/h5-19,24,32-35,37-38H,20-23,25-30H2,1-4H3/t32-,33+,34-,35+,37?,38?,49?,50?. The molecule has 8 atom stereocenters. The van der Waals surface area contributed by atoms with Crippen molar-refractivity contribution in [1.82, 2.24) is 15.0 Å². The predicted octanol–water partition coefficient (Wildman–Crippen LogP) is 12.6. The van der Waals surface area contributed by atoms with Crippen LogP contribution in [-0.4, -0.2) is 15.0 Å². The van der Waals surface area contributed by atoms with E-state index in [9.17, 15) is 5.26 Å². The third-order valence-corrected chi connectivity index (χ3v) is 13.9. The van der Waals surface area contributed by atoms with Gasteiger partial charge in [-0.1, -0.05) is 107 Å². The number of nitriles is 1. The minimum atomic E-state index is 0.285. The summed E-state index contributed by atoms with van der Waals surface area (Å²) in [5, 5.41) is 9.34. The van der Waals surface area contributed by atoms with Crippen LogP contribution < -0.4 is 0 Å². The van der Waals surface area contributed by atoms with Crippen molar-refractivity contribution in [3.05, 3.63) is 114 Å². The summed E-state index contributed by atoms with van der Waals surface area (Å²) in [6, 6.07) is 37.0. The number of nitrogens with zero attached hydrogens (tertiary/aromatic N) is 4. The maximum Gasteiger partial charge on any atom is 0.164 e. The van der Waals surface area contributed by atoms with Gasteiger partial charge in [-0.05, 0) is 151 Å². The van der Waals surface area contributed by atoms with E-state index in [1.807, 2.05) is 24.3 Å². The SMILES string of the molecule is C[C@@H]1CC2C[C@H](C)CC(c3ccc(-c4nc(-c5ccc(C67CC(C[C@@H](C)C6)C[C@H](C)C7)cc5)nc(-c5cccc(-c6ccc(C#N)cc6)c5)n4)cc3)(C2)C1. The number of benzene rings is 4. The summed E-state index contributed by atoms with van der Waals surface area (Å²) in [5.41, 5.74) is 9.34. The smallest absolute Gasteiger partial charge is 0.164 e. The van der Waals surface area contributed by atoms with Gasteiger partial charge >= 0.3 is 0 Å². The van der Waals surface area contributed by atoms with E-state index in [0.717, 1.165) is 63.3 Å². The number of hydrogen-bond acceptors (Lipinski definition) is 4. The second-order valence-electron chi connectivity index (χ2n) is 18.6. The Bertz CT molecular complexity index is 2030. The second kappa shape index (κ2) is 13.9. The maximum atomic E-state index is 9.34. The van der Waals surface area contributed by atoms with Gasteiger partial charge in [0.2, 0.25) is 0 Å². The van der Waals surface area contributed by atoms with Crippen molar-refractivity contribution in [2.45, 2.75) is 103 Å². The average molecular weight is 711 g/mol. The minimum absolute atomic E-state index is 0.285. The van der Waals surface area contributed by atoms with Crippen LogP contribution in [0.3, 0.4) is 0 Å². The fourth-order valence-electron chi connectivity index (χ4n) is 12.4. The van der Waals surface area contributed by atoms with E-state index >= 15 is 0 Å². The van der Waals surface area contributed by atoms with Crippen LogP contribution in [0.15, 0.2) is 97.1 Å². The van der Waals surface area contributed by atoms with Crippen molar-refractivity contribution in [3.8, 4) is 51.4 Å². The molecule has 4 heteroatoms. The Kier molecular flexibility index (Phi) is 9.04. The zero-order valence-electron chi connectivity index (χ0n) is 32.6. The summed E-state index contributed by atoms with van der Waals surface area (Å²) in [7, 11) is 0. The van der Waals surface area contributed by atoms with Crippen molar-refractivity contribution in [2.75, 3.05) is 0 Å². The van der Waals surface area contributed by atoms with Crippen molar-refractivity contribution in [3.63, 3.8) is 0 Å². The highest BCUT2D eigenvalue weighted by atomic mass is 15.0. The molecule has 0 amide bonds. The van der Waals surface area contributed by atoms with Gasteiger partial charge in [-0.2, -0.15) is 5.26 Å². The molecule has 4 aromatic carbocycles. The molecule has 4 unspecified atom stereocenters. The molecular formula is C50H54N4. The number of fused-ring (bicyclic) bond motifs is 4. The highest BCUT2D eigenvalue weighted by Gasteiger charge is 2.46. The second-order valence-corrected chi connectivity index (χ2v) is 18.6. The summed E-state index contributed by atoms with van der Waals surface area (Å²) >= 11 is 0. The summed E-state index contributed by atoms with van der Waals surface area (Å²) in [6.45, 7) is 9.85. The van der Waals surface area contributed by atoms with Crippen LogP contribution >= 0.6 is 0 Å². The molecule has 4 nitrogen and oxygen atoms in total. The Morgan fingerprint density at radius 3 is 1.28 bits per heavy atom. The quantitative estimate of drug-likeness (QED) is 0.176. The maximum absolute atomic E-state index is 9.34. The zero-order chi connectivity index (χ0) is 37.0. The molecule has 1 aromatic heterocycles. The van der Waals surface area contributed by atoms with Gasteiger partial charge in [0.05, 0.1) is 11.6 Å². The monoisotopic (exact) mass is 710 g/mol. The molecule has 0 radical (unpaired) electrons. The van der Waals surface area contributed by atoms with Crippen LogP contribution in [0.4, 0.5) is 0 Å². The molecule has 0 aliphatic heterocycles. The third kappa shape index (κ3) is 6.70. The molecule has 4 bridgehead atoms. The molecule has 1 heterocycles. The Hall–Kier alpha value is -4.62. The fourth-order valence-corrected chi connectivity index (χ4v) is 12.4. The molecule has 274 valence electrons. The summed E-state index contributed by atoms with van der Waals surface area (Å²) in [5.74, 6) is 6.90. The molecule has 5 aromatic rings. The average Bonchev–Trinajstić information content (AvgIpc) is 3.17. The summed E-state index contributed by atoms with van der Waals surface area (Å²) < 4.78 is 0. The van der Waals surface area contributed by atoms with Gasteiger partial charge in [0.1, 0.15) is 0 Å². The van der Waals surface area contributed by atoms with Gasteiger partial charge in [0.25, 0.3) is 0 Å². The first-order valence-corrected chi connectivity index (χ1v) is 20.7. The molecule has 9 rings (SSSR count). The lowest BCUT2D eigenvalue weighted by molar-refractivity contribution is 0.0779. The number of hydrogen-bond donors (Lipinski definition) is 0. The molecule has 0 spiro atoms. The van der Waals surface area contributed by atoms with E-state index in [-0.39, 0.29) is 10.8 Å². The molecule has 4 saturated carbocycles. The van der Waals surface area contributed by atoms with E-state index in [4.69, 9.17) is 15.0 Å². The summed E-state index contributed by atoms with van der Waals surface area (Å²) in [6.07, 6.45) is 13.3. The first kappa shape index (κ1) is 35.1. The van der Waals surface area contributed by atoms with E-state index in [1.165, 1.54) is 75.3 Å². The van der Waals surface area contributed by atoms with Gasteiger partial charge in [-0.3, -0.25) is 0 Å². The highest BCUT2D eigenvalue weighted by molar-refractivity contribution is 5.73. The van der Waals surface area contributed by atoms with Crippen LogP contribution in [0.25, 0.3) is 45.3 Å². The first-order chi connectivity index (χ1) is 26.2. The first-order valence-electron chi connectivity index (χ1n) is 20.7. The number of aromatic nitrogens is 3. The van der Waals surface area contributed by atoms with Crippen LogP contribution in [-0.2, 0) is 10.8 Å². The predicted molar refractivity (Wildman–Crippen MR) is 219 cm³/mol. The molecule has 0 saturated heterocycles. The van der Waals surface area contributed by atoms with Gasteiger partial charge in [0.15, 0.2) is 17.5 Å². The molecule has 4 aliphatic carbocycles. The minimum Gasteiger partial charge on any atom is -0.208 e. The van der Waals surface area contributed by atoms with Crippen molar-refractivity contribution in [1.29, 1.82) is 5.26 Å². The Morgan fingerprint density at radius 2 is 0.852 bits per heavy atom. The molecule has 54 heavy (non-hydrogen) atoms. The Morgan fingerprint density at radius 1 is 0.463 bits per heavy atom.